The van der Waals surface area contributed by atoms with Crippen LogP contribution in [0.5, 0.6) is 0 Å². The van der Waals surface area contributed by atoms with Gasteiger partial charge in [-0.15, -0.1) is 0 Å². The molecule has 0 atom stereocenters. The van der Waals surface area contributed by atoms with Crippen LogP contribution in [0.4, 0.5) is 0 Å². The van der Waals surface area contributed by atoms with Crippen molar-refractivity contribution in [2.24, 2.45) is 16.8 Å². The number of likely N-dealkylation sites (tertiary alicyclic amines) is 1. The molecule has 0 amide bonds. The molecule has 4 aromatic rings. The molecule has 0 radical (unpaired) electrons. The van der Waals surface area contributed by atoms with Crippen LogP contribution < -0.4 is 0 Å². The summed E-state index contributed by atoms with van der Waals surface area (Å²) < 4.78 is 6.27. The highest BCUT2D eigenvalue weighted by atomic mass is 16.5. The zero-order valence-corrected chi connectivity index (χ0v) is 20.3. The number of benzene rings is 2. The second-order valence-electron chi connectivity index (χ2n) is 9.63. The molecule has 0 spiro atoms. The van der Waals surface area contributed by atoms with Gasteiger partial charge in [0.1, 0.15) is 5.76 Å². The number of fused-ring (bicyclic) bond motifs is 2. The van der Waals surface area contributed by atoms with Crippen molar-refractivity contribution in [1.82, 2.24) is 20.1 Å². The molecule has 0 unspecified atom stereocenters. The van der Waals surface area contributed by atoms with Crippen LogP contribution in [0.2, 0.25) is 0 Å². The van der Waals surface area contributed by atoms with Crippen molar-refractivity contribution in [2.75, 3.05) is 26.7 Å². The van der Waals surface area contributed by atoms with Gasteiger partial charge in [-0.05, 0) is 73.2 Å². The molecule has 1 aliphatic heterocycles. The van der Waals surface area contributed by atoms with E-state index < -0.39 is 0 Å². The SMILES string of the molecule is C=C(CN1CCC(C(C)C)CC1)O/C(=N\C)c1cc(-c2cccc3[nH]ccc23)cc2[nH]ncc12. The second kappa shape index (κ2) is 9.47. The fourth-order valence-electron chi connectivity index (χ4n) is 5.14. The predicted octanol–water partition coefficient (Wildman–Crippen LogP) is 5.99. The van der Waals surface area contributed by atoms with Gasteiger partial charge >= 0.3 is 0 Å². The molecule has 5 rings (SSSR count). The fraction of sp³-hybridized carbons (Fsp3) is 0.357. The highest BCUT2D eigenvalue weighted by molar-refractivity contribution is 6.09. The summed E-state index contributed by atoms with van der Waals surface area (Å²) in [5, 5.41) is 9.57. The fourth-order valence-corrected chi connectivity index (χ4v) is 5.14. The first-order valence-corrected chi connectivity index (χ1v) is 12.1. The number of H-pyrrole nitrogens is 2. The highest BCUT2D eigenvalue weighted by Gasteiger charge is 2.23. The van der Waals surface area contributed by atoms with Crippen LogP contribution in [0.15, 0.2) is 66.1 Å². The number of piperidine rings is 1. The normalized spacial score (nSPS) is 16.1. The zero-order valence-electron chi connectivity index (χ0n) is 20.3. The van der Waals surface area contributed by atoms with Crippen LogP contribution >= 0.6 is 0 Å². The lowest BCUT2D eigenvalue weighted by Crippen LogP contribution is -2.36. The second-order valence-corrected chi connectivity index (χ2v) is 9.63. The van der Waals surface area contributed by atoms with Crippen molar-refractivity contribution in [3.8, 4) is 11.1 Å². The Balaban J connectivity index is 1.40. The van der Waals surface area contributed by atoms with Crippen molar-refractivity contribution < 1.29 is 4.74 Å². The summed E-state index contributed by atoms with van der Waals surface area (Å²) in [7, 11) is 1.77. The van der Waals surface area contributed by atoms with Crippen LogP contribution in [-0.4, -0.2) is 52.7 Å². The quantitative estimate of drug-likeness (QED) is 0.213. The number of rotatable bonds is 6. The van der Waals surface area contributed by atoms with E-state index in [4.69, 9.17) is 4.74 Å². The summed E-state index contributed by atoms with van der Waals surface area (Å²) in [6.07, 6.45) is 6.28. The molecule has 2 aromatic carbocycles. The zero-order chi connectivity index (χ0) is 23.7. The van der Waals surface area contributed by atoms with Gasteiger partial charge in [-0.2, -0.15) is 5.10 Å². The van der Waals surface area contributed by atoms with Crippen molar-refractivity contribution in [2.45, 2.75) is 26.7 Å². The van der Waals surface area contributed by atoms with Crippen LogP contribution in [0.3, 0.4) is 0 Å². The van der Waals surface area contributed by atoms with E-state index in [1.165, 1.54) is 18.2 Å². The molecule has 2 N–H and O–H groups in total. The van der Waals surface area contributed by atoms with Gasteiger partial charge in [0.2, 0.25) is 5.90 Å². The first-order valence-electron chi connectivity index (χ1n) is 12.1. The lowest BCUT2D eigenvalue weighted by molar-refractivity contribution is 0.155. The summed E-state index contributed by atoms with van der Waals surface area (Å²) >= 11 is 0. The van der Waals surface area contributed by atoms with Crippen LogP contribution in [0.25, 0.3) is 32.9 Å². The lowest BCUT2D eigenvalue weighted by Gasteiger charge is -2.34. The Morgan fingerprint density at radius 3 is 2.76 bits per heavy atom. The molecule has 0 bridgehead atoms. The van der Waals surface area contributed by atoms with Gasteiger partial charge in [0, 0.05) is 35.1 Å². The predicted molar refractivity (Wildman–Crippen MR) is 140 cm³/mol. The number of aromatic amines is 2. The summed E-state index contributed by atoms with van der Waals surface area (Å²) in [5.41, 5.74) is 5.21. The van der Waals surface area contributed by atoms with Crippen LogP contribution in [0.1, 0.15) is 32.3 Å². The topological polar surface area (TPSA) is 69.3 Å². The van der Waals surface area contributed by atoms with Crippen molar-refractivity contribution >= 4 is 27.7 Å². The molecule has 176 valence electrons. The number of ether oxygens (including phenoxy) is 1. The summed E-state index contributed by atoms with van der Waals surface area (Å²) in [4.78, 5) is 10.2. The van der Waals surface area contributed by atoms with E-state index in [2.05, 4.69) is 81.9 Å². The van der Waals surface area contributed by atoms with Gasteiger partial charge in [0.25, 0.3) is 0 Å². The van der Waals surface area contributed by atoms with Gasteiger partial charge in [0.15, 0.2) is 0 Å². The van der Waals surface area contributed by atoms with E-state index in [0.29, 0.717) is 5.90 Å². The summed E-state index contributed by atoms with van der Waals surface area (Å²) in [5.74, 6) is 2.86. The maximum atomic E-state index is 6.27. The minimum Gasteiger partial charge on any atom is -0.442 e. The Morgan fingerprint density at radius 1 is 1.18 bits per heavy atom. The Hall–Kier alpha value is -3.38. The molecule has 1 saturated heterocycles. The molecule has 6 nitrogen and oxygen atoms in total. The Morgan fingerprint density at radius 2 is 2.00 bits per heavy atom. The average Bonchev–Trinajstić information content (AvgIpc) is 3.51. The monoisotopic (exact) mass is 455 g/mol. The molecule has 0 saturated carbocycles. The number of hydrogen-bond acceptors (Lipinski definition) is 4. The number of nitrogens with zero attached hydrogens (tertiary/aromatic N) is 3. The molecule has 0 aliphatic carbocycles. The van der Waals surface area contributed by atoms with Gasteiger partial charge in [-0.25, -0.2) is 0 Å². The van der Waals surface area contributed by atoms with E-state index in [1.54, 1.807) is 7.05 Å². The first kappa shape index (κ1) is 22.4. The van der Waals surface area contributed by atoms with E-state index in [9.17, 15) is 0 Å². The van der Waals surface area contributed by atoms with Gasteiger partial charge in [-0.1, -0.05) is 32.6 Å². The maximum Gasteiger partial charge on any atom is 0.222 e. The molecule has 34 heavy (non-hydrogen) atoms. The lowest BCUT2D eigenvalue weighted by atomic mass is 9.87. The standard InChI is InChI=1S/C28H33N5O/c1-18(2)20-9-12-33(13-10-20)17-19(3)34-28(29-4)24-14-21(15-27-25(24)16-31-32-27)22-6-5-7-26-23(22)8-11-30-26/h5-8,11,14-16,18,20,30H,3,9-10,12-13,17H2,1-2,4H3,(H,31,32)/b29-28-. The van der Waals surface area contributed by atoms with E-state index in [0.717, 1.165) is 70.3 Å². The van der Waals surface area contributed by atoms with E-state index in [1.807, 2.05) is 12.4 Å². The molecule has 2 aromatic heterocycles. The number of aromatic nitrogens is 3. The third-order valence-corrected chi connectivity index (χ3v) is 7.11. The van der Waals surface area contributed by atoms with Crippen molar-refractivity contribution in [3.05, 3.63) is 66.7 Å². The van der Waals surface area contributed by atoms with Gasteiger partial charge < -0.3 is 9.72 Å². The molecular formula is C28H33N5O. The number of nitrogens with one attached hydrogen (secondary N) is 2. The molecule has 6 heteroatoms. The number of hydrogen-bond donors (Lipinski definition) is 2. The largest absolute Gasteiger partial charge is 0.442 e. The molecular weight excluding hydrogens is 422 g/mol. The third-order valence-electron chi connectivity index (χ3n) is 7.11. The average molecular weight is 456 g/mol. The number of aliphatic imine (C=N–C) groups is 1. The summed E-state index contributed by atoms with van der Waals surface area (Å²) in [6.45, 7) is 11.8. The highest BCUT2D eigenvalue weighted by Crippen LogP contribution is 2.32. The summed E-state index contributed by atoms with van der Waals surface area (Å²) in [6, 6.07) is 12.7. The van der Waals surface area contributed by atoms with Crippen molar-refractivity contribution in [1.29, 1.82) is 0 Å². The van der Waals surface area contributed by atoms with Crippen LogP contribution in [0, 0.1) is 11.8 Å². The first-order chi connectivity index (χ1) is 16.5. The Labute approximate surface area is 200 Å². The minimum atomic E-state index is 0.566. The van der Waals surface area contributed by atoms with E-state index >= 15 is 0 Å². The Kier molecular flexibility index (Phi) is 6.24. The van der Waals surface area contributed by atoms with Gasteiger partial charge in [0.05, 0.1) is 18.3 Å². The maximum absolute atomic E-state index is 6.27. The van der Waals surface area contributed by atoms with Crippen LogP contribution in [-0.2, 0) is 4.74 Å². The minimum absolute atomic E-state index is 0.566. The van der Waals surface area contributed by atoms with E-state index in [-0.39, 0.29) is 0 Å². The molecule has 1 aliphatic rings. The van der Waals surface area contributed by atoms with Crippen molar-refractivity contribution in [3.63, 3.8) is 0 Å². The Bertz CT molecular complexity index is 1340. The third kappa shape index (κ3) is 4.38. The smallest absolute Gasteiger partial charge is 0.222 e. The molecule has 1 fully saturated rings. The molecule has 3 heterocycles. The van der Waals surface area contributed by atoms with Gasteiger partial charge in [-0.3, -0.25) is 15.0 Å².